The summed E-state index contributed by atoms with van der Waals surface area (Å²) in [6, 6.07) is 11.5. The highest BCUT2D eigenvalue weighted by molar-refractivity contribution is 7.89. The number of hydrogen-bond acceptors (Lipinski definition) is 6. The summed E-state index contributed by atoms with van der Waals surface area (Å²) >= 11 is 6.17. The van der Waals surface area contributed by atoms with Crippen molar-refractivity contribution in [3.05, 3.63) is 70.0 Å². The predicted molar refractivity (Wildman–Crippen MR) is 164 cm³/mol. The van der Waals surface area contributed by atoms with Gasteiger partial charge in [-0.05, 0) is 85.8 Å². The number of rotatable bonds is 10. The molecule has 0 radical (unpaired) electrons. The number of nitrogens with zero attached hydrogens (tertiary/aromatic N) is 1. The molecule has 0 spiro atoms. The monoisotopic (exact) mass is 619 g/mol. The van der Waals surface area contributed by atoms with Gasteiger partial charge in [-0.2, -0.15) is 4.31 Å². The van der Waals surface area contributed by atoms with Crippen molar-refractivity contribution in [3.8, 4) is 0 Å². The molecular formula is C32H43ClFN3O4S. The van der Waals surface area contributed by atoms with Gasteiger partial charge in [0.05, 0.1) is 17.9 Å². The molecule has 3 N–H and O–H groups in total. The molecule has 5 rings (SSSR count). The van der Waals surface area contributed by atoms with E-state index in [2.05, 4.69) is 5.32 Å². The largest absolute Gasteiger partial charge is 0.381 e. The number of ether oxygens (including phenoxy) is 1. The summed E-state index contributed by atoms with van der Waals surface area (Å²) in [5, 5.41) is 4.10. The summed E-state index contributed by atoms with van der Waals surface area (Å²) in [6.07, 6.45) is 6.23. The number of nitrogens with two attached hydrogens (primary N) is 1. The minimum Gasteiger partial charge on any atom is -0.381 e. The third-order valence-corrected chi connectivity index (χ3v) is 11.8. The van der Waals surface area contributed by atoms with Crippen molar-refractivity contribution in [2.24, 2.45) is 11.7 Å². The van der Waals surface area contributed by atoms with Crippen LogP contribution in [-0.4, -0.2) is 68.7 Å². The van der Waals surface area contributed by atoms with E-state index >= 15 is 4.39 Å². The molecule has 0 amide bonds. The normalized spacial score (nSPS) is 28.9. The smallest absolute Gasteiger partial charge is 0.214 e. The molecule has 1 saturated carbocycles. The number of hydrogen-bond donors (Lipinski definition) is 2. The van der Waals surface area contributed by atoms with Crippen molar-refractivity contribution in [1.82, 2.24) is 9.62 Å². The Kier molecular flexibility index (Phi) is 10.4. The van der Waals surface area contributed by atoms with E-state index in [4.69, 9.17) is 22.1 Å². The minimum atomic E-state index is -3.34. The molecule has 2 saturated heterocycles. The first-order valence-corrected chi connectivity index (χ1v) is 17.2. The van der Waals surface area contributed by atoms with Crippen LogP contribution in [0, 0.1) is 11.7 Å². The second kappa shape index (κ2) is 13.8. The number of ketones is 1. The van der Waals surface area contributed by atoms with Crippen LogP contribution in [0.25, 0.3) is 0 Å². The summed E-state index contributed by atoms with van der Waals surface area (Å²) < 4.78 is 48.4. The molecule has 0 aromatic heterocycles. The van der Waals surface area contributed by atoms with Crippen molar-refractivity contribution in [2.75, 3.05) is 26.0 Å². The molecule has 2 aliphatic heterocycles. The molecule has 4 unspecified atom stereocenters. The fourth-order valence-corrected chi connectivity index (χ4v) is 9.22. The van der Waals surface area contributed by atoms with E-state index in [1.807, 2.05) is 24.3 Å². The minimum absolute atomic E-state index is 0.0196. The Bertz CT molecular complexity index is 1340. The molecule has 3 fully saturated rings. The maximum atomic E-state index is 15.2. The number of fused-ring (bicyclic) bond motifs is 2. The third-order valence-electron chi connectivity index (χ3n) is 9.59. The molecule has 2 aromatic rings. The van der Waals surface area contributed by atoms with Crippen LogP contribution in [0.5, 0.6) is 0 Å². The summed E-state index contributed by atoms with van der Waals surface area (Å²) in [7, 11) is -1.61. The Morgan fingerprint density at radius 2 is 1.95 bits per heavy atom. The van der Waals surface area contributed by atoms with Crippen LogP contribution < -0.4 is 11.1 Å². The van der Waals surface area contributed by atoms with Gasteiger partial charge in [0.25, 0.3) is 0 Å². The lowest BCUT2D eigenvalue weighted by Gasteiger charge is -2.37. The Hall–Kier alpha value is -1.88. The van der Waals surface area contributed by atoms with Gasteiger partial charge in [0.2, 0.25) is 10.0 Å². The van der Waals surface area contributed by atoms with E-state index in [-0.39, 0.29) is 53.8 Å². The lowest BCUT2D eigenvalue weighted by atomic mass is 9.71. The van der Waals surface area contributed by atoms with Crippen LogP contribution in [0.1, 0.15) is 67.6 Å². The van der Waals surface area contributed by atoms with E-state index in [9.17, 15) is 13.2 Å². The van der Waals surface area contributed by atoms with E-state index in [1.165, 1.54) is 6.07 Å². The number of carbonyl (C=O) groups excluding carboxylic acids is 1. The van der Waals surface area contributed by atoms with E-state index in [1.54, 1.807) is 23.5 Å². The molecule has 7 atom stereocenters. The maximum Gasteiger partial charge on any atom is 0.214 e. The van der Waals surface area contributed by atoms with Crippen LogP contribution in [0.15, 0.2) is 42.5 Å². The van der Waals surface area contributed by atoms with Crippen molar-refractivity contribution < 1.29 is 22.3 Å². The Balaban J connectivity index is 1.33. The van der Waals surface area contributed by atoms with Crippen molar-refractivity contribution in [2.45, 2.75) is 87.9 Å². The molecule has 2 bridgehead atoms. The van der Waals surface area contributed by atoms with Gasteiger partial charge >= 0.3 is 0 Å². The maximum absolute atomic E-state index is 15.2. The fraction of sp³-hybridized carbons (Fsp3) is 0.594. The number of sulfonamides is 1. The second-order valence-corrected chi connectivity index (χ2v) is 14.7. The quantitative estimate of drug-likeness (QED) is 0.403. The fourth-order valence-electron chi connectivity index (χ4n) is 7.29. The number of nitrogens with one attached hydrogen (secondary N) is 1. The van der Waals surface area contributed by atoms with Crippen LogP contribution in [0.2, 0.25) is 5.02 Å². The summed E-state index contributed by atoms with van der Waals surface area (Å²) in [6.45, 7) is 1.01. The molecule has 2 aromatic carbocycles. The van der Waals surface area contributed by atoms with Crippen molar-refractivity contribution in [1.29, 1.82) is 0 Å². The Morgan fingerprint density at radius 1 is 1.17 bits per heavy atom. The SMILES string of the molecule is COC1CCCC([C@H](c2ccc(Cl)cc2)[C@H](N)C(=O)Cc2cccc(F)c2CC[C@H]2CNC3CCCS(=O)(=O)N2C3)C1. The molecule has 10 heteroatoms. The highest BCUT2D eigenvalue weighted by Gasteiger charge is 2.39. The Labute approximate surface area is 254 Å². The van der Waals surface area contributed by atoms with E-state index in [0.717, 1.165) is 37.7 Å². The van der Waals surface area contributed by atoms with Gasteiger partial charge in [-0.25, -0.2) is 12.8 Å². The molecule has 42 heavy (non-hydrogen) atoms. The van der Waals surface area contributed by atoms with Crippen molar-refractivity contribution >= 4 is 27.4 Å². The standard InChI is InChI=1S/C32H43ClFN3O4S/c1-41-27-8-2-6-23(17-27)31(21-10-12-24(33)13-11-21)32(35)30(38)18-22-5-3-9-29(34)28(22)15-14-26-19-36-25-7-4-16-42(39,40)37(26)20-25/h3,5,9-13,23,25-27,31-32,36H,2,4,6-8,14-20,35H2,1H3/t23?,25?,26-,27?,31-,32+/m0/s1. The van der Waals surface area contributed by atoms with Crippen LogP contribution in [0.3, 0.4) is 0 Å². The average Bonchev–Trinajstić information content (AvgIpc) is 3.09. The van der Waals surface area contributed by atoms with Crippen LogP contribution in [-0.2, 0) is 32.4 Å². The summed E-state index contributed by atoms with van der Waals surface area (Å²) in [5.41, 5.74) is 8.83. The topological polar surface area (TPSA) is 102 Å². The predicted octanol–water partition coefficient (Wildman–Crippen LogP) is 4.61. The van der Waals surface area contributed by atoms with Gasteiger partial charge in [0.15, 0.2) is 5.78 Å². The number of carbonyl (C=O) groups is 1. The van der Waals surface area contributed by atoms with E-state index < -0.39 is 16.1 Å². The van der Waals surface area contributed by atoms with Gasteiger partial charge in [-0.15, -0.1) is 0 Å². The van der Waals surface area contributed by atoms with Gasteiger partial charge < -0.3 is 15.8 Å². The number of halogens is 2. The molecular weight excluding hydrogens is 577 g/mol. The lowest BCUT2D eigenvalue weighted by Crippen LogP contribution is -2.57. The van der Waals surface area contributed by atoms with E-state index in [0.29, 0.717) is 48.5 Å². The number of piperazine rings is 1. The first-order chi connectivity index (χ1) is 20.2. The molecule has 3 aliphatic rings. The number of methoxy groups -OCH3 is 1. The Morgan fingerprint density at radius 3 is 2.71 bits per heavy atom. The number of benzene rings is 2. The van der Waals surface area contributed by atoms with Crippen LogP contribution in [0.4, 0.5) is 4.39 Å². The molecule has 2 heterocycles. The second-order valence-electron chi connectivity index (χ2n) is 12.2. The van der Waals surface area contributed by atoms with Crippen molar-refractivity contribution in [3.63, 3.8) is 0 Å². The molecule has 7 nitrogen and oxygen atoms in total. The highest BCUT2D eigenvalue weighted by atomic mass is 35.5. The van der Waals surface area contributed by atoms with Gasteiger partial charge in [0.1, 0.15) is 5.82 Å². The zero-order valence-corrected chi connectivity index (χ0v) is 25.9. The van der Waals surface area contributed by atoms with Crippen LogP contribution >= 0.6 is 11.6 Å². The summed E-state index contributed by atoms with van der Waals surface area (Å²) in [4.78, 5) is 13.8. The highest BCUT2D eigenvalue weighted by Crippen LogP contribution is 2.39. The van der Waals surface area contributed by atoms with Gasteiger partial charge in [-0.3, -0.25) is 4.79 Å². The average molecular weight is 620 g/mol. The molecule has 230 valence electrons. The number of Topliss-reactive ketones (excluding diaryl/α,β-unsaturated/α-hetero) is 1. The zero-order valence-electron chi connectivity index (χ0n) is 24.3. The van der Waals surface area contributed by atoms with Gasteiger partial charge in [-0.1, -0.05) is 42.3 Å². The third kappa shape index (κ3) is 7.25. The van der Waals surface area contributed by atoms with Gasteiger partial charge in [0, 0.05) is 49.6 Å². The zero-order chi connectivity index (χ0) is 29.9. The first kappa shape index (κ1) is 31.5. The molecule has 1 aliphatic carbocycles. The first-order valence-electron chi connectivity index (χ1n) is 15.2. The lowest BCUT2D eigenvalue weighted by molar-refractivity contribution is -0.120. The summed E-state index contributed by atoms with van der Waals surface area (Å²) in [5.74, 6) is -0.398.